The van der Waals surface area contributed by atoms with Gasteiger partial charge in [0.1, 0.15) is 18.1 Å². The summed E-state index contributed by atoms with van der Waals surface area (Å²) in [6, 6.07) is 11.8. The Morgan fingerprint density at radius 2 is 1.75 bits per heavy atom. The summed E-state index contributed by atoms with van der Waals surface area (Å²) in [5.74, 6) is -0.338. The first-order valence-electron chi connectivity index (χ1n) is 15.1. The summed E-state index contributed by atoms with van der Waals surface area (Å²) in [4.78, 5) is 62.2. The molecule has 10 heteroatoms. The van der Waals surface area contributed by atoms with Crippen LogP contribution in [-0.4, -0.2) is 73.8 Å². The predicted octanol–water partition coefficient (Wildman–Crippen LogP) is 4.33. The van der Waals surface area contributed by atoms with Crippen molar-refractivity contribution >= 4 is 36.1 Å². The molecule has 2 aromatic carbocycles. The van der Waals surface area contributed by atoms with Crippen molar-refractivity contribution in [1.82, 2.24) is 10.2 Å². The minimum Gasteiger partial charge on any atom is -0.494 e. The topological polar surface area (TPSA) is 122 Å². The maximum atomic E-state index is 13.0. The minimum absolute atomic E-state index is 0.0417. The van der Waals surface area contributed by atoms with Gasteiger partial charge in [0.05, 0.1) is 12.2 Å². The molecule has 3 aliphatic rings. The molecule has 3 fully saturated rings. The molecule has 1 aliphatic carbocycles. The van der Waals surface area contributed by atoms with Gasteiger partial charge in [-0.25, -0.2) is 0 Å². The number of nitrogens with zero attached hydrogens (tertiary/aromatic N) is 2. The van der Waals surface area contributed by atoms with Crippen molar-refractivity contribution in [2.75, 3.05) is 31.7 Å². The van der Waals surface area contributed by atoms with Gasteiger partial charge in [-0.2, -0.15) is 0 Å². The molecule has 1 N–H and O–H groups in total. The molecule has 44 heavy (non-hydrogen) atoms. The second-order valence-electron chi connectivity index (χ2n) is 13.1. The zero-order valence-electron chi connectivity index (χ0n) is 26.3. The van der Waals surface area contributed by atoms with E-state index in [0.717, 1.165) is 30.7 Å². The number of imide groups is 2. The molecule has 2 aliphatic heterocycles. The zero-order valence-corrected chi connectivity index (χ0v) is 26.3. The largest absolute Gasteiger partial charge is 0.494 e. The first-order chi connectivity index (χ1) is 20.9. The van der Waals surface area contributed by atoms with Crippen LogP contribution in [0.25, 0.3) is 0 Å². The van der Waals surface area contributed by atoms with Crippen LogP contribution in [0.2, 0.25) is 0 Å². The highest BCUT2D eigenvalue weighted by molar-refractivity contribution is 6.07. The van der Waals surface area contributed by atoms with Crippen LogP contribution in [0, 0.1) is 18.3 Å². The van der Waals surface area contributed by atoms with Crippen molar-refractivity contribution in [3.05, 3.63) is 59.2 Å². The number of aryl methyl sites for hydroxylation is 1. The number of hydrogen-bond acceptors (Lipinski definition) is 8. The Kier molecular flexibility index (Phi) is 10.2. The smallest absolute Gasteiger partial charge is 0.261 e. The summed E-state index contributed by atoms with van der Waals surface area (Å²) in [5.41, 5.74) is 3.26. The van der Waals surface area contributed by atoms with Crippen LogP contribution < -0.4 is 15.0 Å². The molecule has 0 bridgehead atoms. The molecule has 236 valence electrons. The Morgan fingerprint density at radius 1 is 1.09 bits per heavy atom. The van der Waals surface area contributed by atoms with Crippen LogP contribution in [0.15, 0.2) is 42.5 Å². The molecule has 2 heterocycles. The van der Waals surface area contributed by atoms with Crippen molar-refractivity contribution in [3.8, 4) is 5.75 Å². The van der Waals surface area contributed by atoms with Gasteiger partial charge >= 0.3 is 0 Å². The number of carbonyl (C=O) groups is 5. The maximum Gasteiger partial charge on any atom is 0.261 e. The van der Waals surface area contributed by atoms with Gasteiger partial charge in [-0.1, -0.05) is 0 Å². The van der Waals surface area contributed by atoms with Gasteiger partial charge in [0.25, 0.3) is 5.91 Å². The number of hydrogen-bond donors (Lipinski definition) is 1. The van der Waals surface area contributed by atoms with Gasteiger partial charge in [0, 0.05) is 48.8 Å². The quantitative estimate of drug-likeness (QED) is 0.331. The molecule has 4 amide bonds. The molecule has 1 saturated carbocycles. The summed E-state index contributed by atoms with van der Waals surface area (Å²) >= 11 is 0. The third-order valence-electron chi connectivity index (χ3n) is 8.62. The van der Waals surface area contributed by atoms with E-state index in [9.17, 15) is 24.0 Å². The first kappa shape index (κ1) is 32.9. The Hall–Kier alpha value is -4.05. The summed E-state index contributed by atoms with van der Waals surface area (Å²) in [5, 5.41) is 2.18. The van der Waals surface area contributed by atoms with Crippen LogP contribution in [0.5, 0.6) is 5.75 Å². The van der Waals surface area contributed by atoms with Crippen LogP contribution in [-0.2, 0) is 19.1 Å². The van der Waals surface area contributed by atoms with Gasteiger partial charge in [0.2, 0.25) is 18.2 Å². The average molecular weight is 606 g/mol. The first-order valence-corrected chi connectivity index (χ1v) is 15.1. The van der Waals surface area contributed by atoms with Crippen molar-refractivity contribution in [3.63, 3.8) is 0 Å². The molecule has 1 spiro atoms. The summed E-state index contributed by atoms with van der Waals surface area (Å²) < 4.78 is 10.9. The number of methoxy groups -OCH3 is 1. The van der Waals surface area contributed by atoms with Crippen LogP contribution in [0.4, 0.5) is 5.69 Å². The standard InChI is InChI=1S/C29H31N3O6.C5H12O/c1-19-12-23(6-7-24(19)28(37)32(18-34)25-8-9-26(35)30-27(25)36)38-11-10-21-13-29(14-21)16-31(17-29)22-4-2-20(15-33)3-5-22;1-5(2,3)6-4/h2-7,12,15,18,21,25H,8-11,13-14,16-17H2,1H3,(H,30,35,36);1-4H3. The van der Waals surface area contributed by atoms with Gasteiger partial charge in [-0.3, -0.25) is 34.2 Å². The third kappa shape index (κ3) is 7.91. The van der Waals surface area contributed by atoms with E-state index in [1.165, 1.54) is 18.5 Å². The highest BCUT2D eigenvalue weighted by atomic mass is 16.5. The summed E-state index contributed by atoms with van der Waals surface area (Å²) in [7, 11) is 1.71. The van der Waals surface area contributed by atoms with E-state index < -0.39 is 23.8 Å². The predicted molar refractivity (Wildman–Crippen MR) is 166 cm³/mol. The number of nitrogens with one attached hydrogen (secondary N) is 1. The molecule has 2 saturated heterocycles. The molecular weight excluding hydrogens is 562 g/mol. The number of rotatable bonds is 9. The van der Waals surface area contributed by atoms with Crippen LogP contribution in [0.1, 0.15) is 79.2 Å². The van der Waals surface area contributed by atoms with Crippen molar-refractivity contribution in [2.45, 2.75) is 71.4 Å². The third-order valence-corrected chi connectivity index (χ3v) is 8.62. The van der Waals surface area contributed by atoms with Crippen molar-refractivity contribution in [1.29, 1.82) is 0 Å². The number of amides is 4. The number of piperidine rings is 1. The lowest BCUT2D eigenvalue weighted by atomic mass is 9.57. The molecular formula is C34H43N3O7. The fourth-order valence-corrected chi connectivity index (χ4v) is 6.00. The minimum atomic E-state index is -0.996. The number of anilines is 1. The van der Waals surface area contributed by atoms with E-state index >= 15 is 0 Å². The molecule has 0 radical (unpaired) electrons. The average Bonchev–Trinajstić information content (AvgIpc) is 2.94. The van der Waals surface area contributed by atoms with E-state index in [0.29, 0.717) is 46.8 Å². The van der Waals surface area contributed by atoms with Crippen LogP contribution in [0.3, 0.4) is 0 Å². The van der Waals surface area contributed by atoms with Gasteiger partial charge in [-0.05, 0) is 107 Å². The van der Waals surface area contributed by atoms with Crippen LogP contribution >= 0.6 is 0 Å². The Morgan fingerprint density at radius 3 is 2.30 bits per heavy atom. The molecule has 10 nitrogen and oxygen atoms in total. The lowest BCUT2D eigenvalue weighted by Crippen LogP contribution is -2.62. The number of carbonyl (C=O) groups excluding carboxylic acids is 5. The molecule has 2 aromatic rings. The zero-order chi connectivity index (χ0) is 32.1. The fourth-order valence-electron chi connectivity index (χ4n) is 6.00. The van der Waals surface area contributed by atoms with E-state index in [2.05, 4.69) is 10.2 Å². The van der Waals surface area contributed by atoms with Gasteiger partial charge in [-0.15, -0.1) is 0 Å². The van der Waals surface area contributed by atoms with Gasteiger partial charge < -0.3 is 14.4 Å². The Balaban J connectivity index is 0.000000670. The lowest BCUT2D eigenvalue weighted by Gasteiger charge is -2.60. The molecule has 1 unspecified atom stereocenters. The number of aldehydes is 1. The highest BCUT2D eigenvalue weighted by Crippen LogP contribution is 2.53. The van der Waals surface area contributed by atoms with E-state index in [4.69, 9.17) is 9.47 Å². The number of ether oxygens (including phenoxy) is 2. The number of benzene rings is 2. The normalized spacial score (nSPS) is 19.1. The van der Waals surface area contributed by atoms with Crippen molar-refractivity contribution in [2.24, 2.45) is 11.3 Å². The summed E-state index contributed by atoms with van der Waals surface area (Å²) in [6.07, 6.45) is 4.74. The Labute approximate surface area is 259 Å². The fraction of sp³-hybridized carbons (Fsp3) is 0.500. The maximum absolute atomic E-state index is 13.0. The van der Waals surface area contributed by atoms with Crippen molar-refractivity contribution < 1.29 is 33.4 Å². The SMILES string of the molecule is COC(C)(C)C.Cc1cc(OCCC2CC3(C2)CN(c2ccc(C=O)cc2)C3)ccc1C(=O)N(C=O)C1CCC(=O)NC1=O. The second-order valence-corrected chi connectivity index (χ2v) is 13.1. The molecule has 1 atom stereocenters. The Bertz CT molecular complexity index is 1370. The summed E-state index contributed by atoms with van der Waals surface area (Å²) in [6.45, 7) is 10.5. The van der Waals surface area contributed by atoms with Gasteiger partial charge in [0.15, 0.2) is 0 Å². The molecule has 5 rings (SSSR count). The lowest BCUT2D eigenvalue weighted by molar-refractivity contribution is -0.139. The monoisotopic (exact) mass is 605 g/mol. The highest BCUT2D eigenvalue weighted by Gasteiger charge is 2.51. The second kappa shape index (κ2) is 13.7. The van der Waals surface area contributed by atoms with E-state index in [1.807, 2.05) is 45.0 Å². The van der Waals surface area contributed by atoms with E-state index in [1.54, 1.807) is 32.2 Å². The van der Waals surface area contributed by atoms with E-state index in [-0.39, 0.29) is 18.4 Å². The molecule has 0 aromatic heterocycles.